The Labute approximate surface area is 154 Å². The number of halogens is 1. The molecule has 0 aliphatic rings. The van der Waals surface area contributed by atoms with Crippen LogP contribution in [0, 0.1) is 5.82 Å². The van der Waals surface area contributed by atoms with E-state index in [0.29, 0.717) is 6.61 Å². The number of hydrogen-bond donors (Lipinski definition) is 0. The molecule has 0 aromatic heterocycles. The first-order chi connectivity index (χ1) is 12.7. The number of anilines is 1. The molecule has 0 aliphatic carbocycles. The van der Waals surface area contributed by atoms with Crippen LogP contribution in [0.25, 0.3) is 0 Å². The van der Waals surface area contributed by atoms with Gasteiger partial charge in [0.15, 0.2) is 0 Å². The highest BCUT2D eigenvalue weighted by atomic mass is 19.1. The first-order valence-electron chi connectivity index (χ1n) is 8.92. The molecule has 3 aromatic rings. The average molecular weight is 349 g/mol. The Hall–Kier alpha value is -2.81. The molecular formula is C23H24FNO. The zero-order valence-electron chi connectivity index (χ0n) is 15.2. The summed E-state index contributed by atoms with van der Waals surface area (Å²) in [7, 11) is 2.04. The van der Waals surface area contributed by atoms with E-state index in [1.165, 1.54) is 17.7 Å². The molecule has 0 saturated heterocycles. The van der Waals surface area contributed by atoms with Gasteiger partial charge in [-0.3, -0.25) is 0 Å². The molecule has 0 unspecified atom stereocenters. The van der Waals surface area contributed by atoms with Crippen LogP contribution in [0.1, 0.15) is 30.5 Å². The Morgan fingerprint density at radius 2 is 1.54 bits per heavy atom. The van der Waals surface area contributed by atoms with Gasteiger partial charge in [-0.05, 0) is 53.9 Å². The zero-order chi connectivity index (χ0) is 18.4. The number of rotatable bonds is 7. The lowest BCUT2D eigenvalue weighted by molar-refractivity contribution is 0.306. The molecular weight excluding hydrogens is 325 g/mol. The van der Waals surface area contributed by atoms with Crippen LogP contribution < -0.4 is 9.64 Å². The molecule has 0 bridgehead atoms. The highest BCUT2D eigenvalue weighted by molar-refractivity contribution is 5.48. The van der Waals surface area contributed by atoms with Gasteiger partial charge in [-0.15, -0.1) is 0 Å². The molecule has 0 aliphatic heterocycles. The summed E-state index contributed by atoms with van der Waals surface area (Å²) in [6.45, 7) is 2.72. The van der Waals surface area contributed by atoms with Gasteiger partial charge in [-0.1, -0.05) is 49.4 Å². The second kappa shape index (κ2) is 8.52. The van der Waals surface area contributed by atoms with Crippen molar-refractivity contribution in [2.75, 3.05) is 11.9 Å². The molecule has 134 valence electrons. The van der Waals surface area contributed by atoms with E-state index in [0.717, 1.165) is 23.4 Å². The van der Waals surface area contributed by atoms with Crippen LogP contribution in [0.15, 0.2) is 78.9 Å². The van der Waals surface area contributed by atoms with E-state index in [4.69, 9.17) is 4.74 Å². The van der Waals surface area contributed by atoms with Gasteiger partial charge >= 0.3 is 0 Å². The van der Waals surface area contributed by atoms with E-state index in [-0.39, 0.29) is 11.9 Å². The van der Waals surface area contributed by atoms with Gasteiger partial charge in [0.2, 0.25) is 0 Å². The lowest BCUT2D eigenvalue weighted by Gasteiger charge is -2.30. The van der Waals surface area contributed by atoms with Crippen LogP contribution in [-0.4, -0.2) is 7.05 Å². The van der Waals surface area contributed by atoms with Gasteiger partial charge < -0.3 is 9.64 Å². The first-order valence-corrected chi connectivity index (χ1v) is 8.92. The summed E-state index contributed by atoms with van der Waals surface area (Å²) >= 11 is 0. The SMILES string of the molecule is CC[C@@H](c1ccc(OCc2ccccc2)cc1)N(C)c1ccc(F)cc1. The molecule has 2 nitrogen and oxygen atoms in total. The van der Waals surface area contributed by atoms with Crippen molar-refractivity contribution >= 4 is 5.69 Å². The maximum Gasteiger partial charge on any atom is 0.123 e. The normalized spacial score (nSPS) is 11.8. The fraction of sp³-hybridized carbons (Fsp3) is 0.217. The Kier molecular flexibility index (Phi) is 5.90. The van der Waals surface area contributed by atoms with Crippen LogP contribution >= 0.6 is 0 Å². The second-order valence-electron chi connectivity index (χ2n) is 6.35. The number of benzene rings is 3. The van der Waals surface area contributed by atoms with Crippen LogP contribution in [0.2, 0.25) is 0 Å². The van der Waals surface area contributed by atoms with Crippen molar-refractivity contribution in [2.45, 2.75) is 26.0 Å². The van der Waals surface area contributed by atoms with Crippen molar-refractivity contribution in [1.29, 1.82) is 0 Å². The summed E-state index contributed by atoms with van der Waals surface area (Å²) in [5, 5.41) is 0. The minimum Gasteiger partial charge on any atom is -0.489 e. The summed E-state index contributed by atoms with van der Waals surface area (Å²) < 4.78 is 19.0. The zero-order valence-corrected chi connectivity index (χ0v) is 15.2. The predicted molar refractivity (Wildman–Crippen MR) is 105 cm³/mol. The Morgan fingerprint density at radius 1 is 0.885 bits per heavy atom. The molecule has 3 rings (SSSR count). The van der Waals surface area contributed by atoms with Crippen LogP contribution in [0.5, 0.6) is 5.75 Å². The largest absolute Gasteiger partial charge is 0.489 e. The minimum absolute atomic E-state index is 0.213. The van der Waals surface area contributed by atoms with Gasteiger partial charge in [-0.2, -0.15) is 0 Å². The third-order valence-corrected chi connectivity index (χ3v) is 4.60. The van der Waals surface area contributed by atoms with Crippen molar-refractivity contribution in [3.05, 3.63) is 95.8 Å². The topological polar surface area (TPSA) is 12.5 Å². The van der Waals surface area contributed by atoms with Crippen molar-refractivity contribution < 1.29 is 9.13 Å². The standard InChI is InChI=1S/C23H24FNO/c1-3-23(25(2)21-13-11-20(24)12-14-21)19-9-15-22(16-10-19)26-17-18-7-5-4-6-8-18/h4-16,23H,3,17H2,1-2H3/t23-/m0/s1. The van der Waals surface area contributed by atoms with E-state index in [2.05, 4.69) is 36.1 Å². The second-order valence-corrected chi connectivity index (χ2v) is 6.35. The van der Waals surface area contributed by atoms with Gasteiger partial charge in [0, 0.05) is 12.7 Å². The Balaban J connectivity index is 1.68. The molecule has 0 saturated carbocycles. The van der Waals surface area contributed by atoms with E-state index < -0.39 is 0 Å². The quantitative estimate of drug-likeness (QED) is 0.519. The monoisotopic (exact) mass is 349 g/mol. The summed E-state index contributed by atoms with van der Waals surface area (Å²) in [6.07, 6.45) is 0.956. The summed E-state index contributed by atoms with van der Waals surface area (Å²) in [5.41, 5.74) is 3.37. The highest BCUT2D eigenvalue weighted by Crippen LogP contribution is 2.29. The van der Waals surface area contributed by atoms with Crippen LogP contribution in [-0.2, 0) is 6.61 Å². The van der Waals surface area contributed by atoms with E-state index in [9.17, 15) is 4.39 Å². The molecule has 0 heterocycles. The summed E-state index contributed by atoms with van der Waals surface area (Å²) in [6, 6.07) is 25.2. The van der Waals surface area contributed by atoms with Gasteiger partial charge in [0.25, 0.3) is 0 Å². The molecule has 0 spiro atoms. The molecule has 0 fully saturated rings. The molecule has 0 N–H and O–H groups in total. The van der Waals surface area contributed by atoms with Crippen LogP contribution in [0.4, 0.5) is 10.1 Å². The van der Waals surface area contributed by atoms with E-state index in [1.54, 1.807) is 0 Å². The smallest absolute Gasteiger partial charge is 0.123 e. The van der Waals surface area contributed by atoms with Gasteiger partial charge in [0.05, 0.1) is 6.04 Å². The van der Waals surface area contributed by atoms with Crippen molar-refractivity contribution in [3.8, 4) is 5.75 Å². The fourth-order valence-electron chi connectivity index (χ4n) is 3.12. The molecule has 3 heteroatoms. The molecule has 0 amide bonds. The molecule has 3 aromatic carbocycles. The lowest BCUT2D eigenvalue weighted by Crippen LogP contribution is -2.23. The van der Waals surface area contributed by atoms with Crippen molar-refractivity contribution in [1.82, 2.24) is 0 Å². The maximum absolute atomic E-state index is 13.2. The number of nitrogens with zero attached hydrogens (tertiary/aromatic N) is 1. The summed E-state index contributed by atoms with van der Waals surface area (Å²) in [4.78, 5) is 2.18. The van der Waals surface area contributed by atoms with Crippen LogP contribution in [0.3, 0.4) is 0 Å². The third-order valence-electron chi connectivity index (χ3n) is 4.60. The summed E-state index contributed by atoms with van der Waals surface area (Å²) in [5.74, 6) is 0.645. The molecule has 26 heavy (non-hydrogen) atoms. The number of hydrogen-bond acceptors (Lipinski definition) is 2. The van der Waals surface area contributed by atoms with E-state index >= 15 is 0 Å². The maximum atomic E-state index is 13.2. The van der Waals surface area contributed by atoms with Gasteiger partial charge in [-0.25, -0.2) is 4.39 Å². The lowest BCUT2D eigenvalue weighted by atomic mass is 10.0. The first kappa shape index (κ1) is 18.0. The van der Waals surface area contributed by atoms with Crippen molar-refractivity contribution in [2.24, 2.45) is 0 Å². The molecule has 0 radical (unpaired) electrons. The Morgan fingerprint density at radius 3 is 2.15 bits per heavy atom. The molecule has 1 atom stereocenters. The fourth-order valence-corrected chi connectivity index (χ4v) is 3.12. The highest BCUT2D eigenvalue weighted by Gasteiger charge is 2.16. The third kappa shape index (κ3) is 4.42. The van der Waals surface area contributed by atoms with Gasteiger partial charge in [0.1, 0.15) is 18.2 Å². The minimum atomic E-state index is -0.213. The number of ether oxygens (including phenoxy) is 1. The Bertz CT molecular complexity index is 800. The predicted octanol–water partition coefficient (Wildman–Crippen LogP) is 5.99. The van der Waals surface area contributed by atoms with Crippen molar-refractivity contribution in [3.63, 3.8) is 0 Å². The average Bonchev–Trinajstić information content (AvgIpc) is 2.69. The van der Waals surface area contributed by atoms with E-state index in [1.807, 2.05) is 49.5 Å².